The van der Waals surface area contributed by atoms with Gasteiger partial charge in [-0.25, -0.2) is 13.2 Å². The molecule has 2 amide bonds. The summed E-state index contributed by atoms with van der Waals surface area (Å²) in [7, 11) is -3.54. The molecule has 2 heterocycles. The van der Waals surface area contributed by atoms with Crippen molar-refractivity contribution >= 4 is 21.7 Å². The number of hydrogen-bond acceptors (Lipinski definition) is 5. The predicted molar refractivity (Wildman–Crippen MR) is 121 cm³/mol. The molecule has 1 aliphatic rings. The van der Waals surface area contributed by atoms with Crippen molar-refractivity contribution in [1.29, 1.82) is 0 Å². The Morgan fingerprint density at radius 1 is 1.13 bits per heavy atom. The molecule has 8 nitrogen and oxygen atoms in total. The van der Waals surface area contributed by atoms with Gasteiger partial charge in [-0.05, 0) is 61.8 Å². The number of nitrogens with zero attached hydrogens (tertiary/aromatic N) is 3. The Morgan fingerprint density at radius 3 is 2.39 bits per heavy atom. The second-order valence-electron chi connectivity index (χ2n) is 7.55. The summed E-state index contributed by atoms with van der Waals surface area (Å²) in [5.41, 5.74) is 1.42. The first-order chi connectivity index (χ1) is 14.9. The fourth-order valence-corrected chi connectivity index (χ4v) is 5.38. The van der Waals surface area contributed by atoms with E-state index in [1.165, 1.54) is 0 Å². The lowest BCUT2D eigenvalue weighted by Gasteiger charge is -2.37. The van der Waals surface area contributed by atoms with Crippen LogP contribution in [-0.4, -0.2) is 60.9 Å². The first-order valence-electron chi connectivity index (χ1n) is 10.7. The minimum atomic E-state index is -3.54. The van der Waals surface area contributed by atoms with E-state index in [4.69, 9.17) is 0 Å². The number of anilines is 1. The number of hydrogen-bond donors (Lipinski definition) is 2. The van der Waals surface area contributed by atoms with E-state index < -0.39 is 10.0 Å². The number of nitrogens with one attached hydrogen (secondary N) is 2. The molecular formula is C22H31N5O3S. The molecule has 0 atom stereocenters. The molecule has 0 aliphatic carbocycles. The number of urea groups is 1. The minimum Gasteiger partial charge on any atom is -0.334 e. The highest BCUT2D eigenvalue weighted by molar-refractivity contribution is 7.89. The molecule has 1 aromatic carbocycles. The number of pyridine rings is 1. The van der Waals surface area contributed by atoms with Gasteiger partial charge in [0, 0.05) is 43.8 Å². The molecule has 0 spiro atoms. The molecule has 3 rings (SSSR count). The van der Waals surface area contributed by atoms with Gasteiger partial charge in [-0.3, -0.25) is 4.98 Å². The normalized spacial score (nSPS) is 15.7. The number of piperidine rings is 1. The first kappa shape index (κ1) is 23.2. The molecule has 9 heteroatoms. The SMILES string of the molecule is CCN(CC)C1CCN(S(=O)(=O)c2ccc(NC(=O)NCc3cccnc3)cc2)CC1. The molecule has 1 aromatic heterocycles. The van der Waals surface area contributed by atoms with Crippen molar-refractivity contribution in [2.75, 3.05) is 31.5 Å². The van der Waals surface area contributed by atoms with Gasteiger partial charge in [0.25, 0.3) is 0 Å². The minimum absolute atomic E-state index is 0.245. The van der Waals surface area contributed by atoms with Gasteiger partial charge in [-0.1, -0.05) is 19.9 Å². The second-order valence-corrected chi connectivity index (χ2v) is 9.49. The summed E-state index contributed by atoms with van der Waals surface area (Å²) < 4.78 is 27.6. The van der Waals surface area contributed by atoms with Crippen molar-refractivity contribution in [3.63, 3.8) is 0 Å². The van der Waals surface area contributed by atoms with Crippen LogP contribution in [0.25, 0.3) is 0 Å². The Bertz CT molecular complexity index is 939. The number of benzene rings is 1. The molecule has 1 aliphatic heterocycles. The standard InChI is InChI=1S/C22H31N5O3S/c1-3-26(4-2)20-11-14-27(15-12-20)31(29,30)21-9-7-19(8-10-21)25-22(28)24-17-18-6-5-13-23-16-18/h5-10,13,16,20H,3-4,11-12,14-15,17H2,1-2H3,(H2,24,25,28). The lowest BCUT2D eigenvalue weighted by atomic mass is 10.1. The van der Waals surface area contributed by atoms with Crippen LogP contribution in [0.2, 0.25) is 0 Å². The molecule has 2 N–H and O–H groups in total. The van der Waals surface area contributed by atoms with Crippen molar-refractivity contribution in [2.24, 2.45) is 0 Å². The summed E-state index contributed by atoms with van der Waals surface area (Å²) in [4.78, 5) is 18.7. The molecule has 1 saturated heterocycles. The summed E-state index contributed by atoms with van der Waals surface area (Å²) >= 11 is 0. The maximum absolute atomic E-state index is 13.0. The summed E-state index contributed by atoms with van der Waals surface area (Å²) in [6.45, 7) is 7.66. The van der Waals surface area contributed by atoms with Crippen LogP contribution in [0, 0.1) is 0 Å². The van der Waals surface area contributed by atoms with Crippen molar-refractivity contribution < 1.29 is 13.2 Å². The van der Waals surface area contributed by atoms with Gasteiger partial charge in [0.1, 0.15) is 0 Å². The number of carbonyl (C=O) groups is 1. The van der Waals surface area contributed by atoms with E-state index in [0.717, 1.165) is 31.5 Å². The highest BCUT2D eigenvalue weighted by Gasteiger charge is 2.30. The third-order valence-corrected chi connectivity index (χ3v) is 7.59. The van der Waals surface area contributed by atoms with E-state index in [9.17, 15) is 13.2 Å². The molecule has 0 saturated carbocycles. The largest absolute Gasteiger partial charge is 0.334 e. The van der Waals surface area contributed by atoms with Crippen LogP contribution in [0.15, 0.2) is 53.7 Å². The number of rotatable bonds is 8. The zero-order valence-electron chi connectivity index (χ0n) is 18.1. The molecule has 31 heavy (non-hydrogen) atoms. The van der Waals surface area contributed by atoms with Crippen LogP contribution in [0.3, 0.4) is 0 Å². The van der Waals surface area contributed by atoms with Crippen molar-refractivity contribution in [3.8, 4) is 0 Å². The maximum atomic E-state index is 13.0. The average molecular weight is 446 g/mol. The third kappa shape index (κ3) is 6.03. The van der Waals surface area contributed by atoms with Crippen LogP contribution in [0.4, 0.5) is 10.5 Å². The average Bonchev–Trinajstić information content (AvgIpc) is 2.80. The molecular weight excluding hydrogens is 414 g/mol. The molecule has 2 aromatic rings. The summed E-state index contributed by atoms with van der Waals surface area (Å²) in [6, 6.07) is 10.1. The predicted octanol–water partition coefficient (Wildman–Crippen LogP) is 2.90. The van der Waals surface area contributed by atoms with Gasteiger partial charge in [0.15, 0.2) is 0 Å². The van der Waals surface area contributed by atoms with Crippen molar-refractivity contribution in [1.82, 2.24) is 19.5 Å². The zero-order chi connectivity index (χ0) is 22.3. The molecule has 0 radical (unpaired) electrons. The summed E-state index contributed by atoms with van der Waals surface area (Å²) in [5, 5.41) is 5.46. The third-order valence-electron chi connectivity index (χ3n) is 5.68. The number of amides is 2. The fourth-order valence-electron chi connectivity index (χ4n) is 3.91. The van der Waals surface area contributed by atoms with E-state index in [0.29, 0.717) is 31.4 Å². The van der Waals surface area contributed by atoms with Gasteiger partial charge < -0.3 is 15.5 Å². The van der Waals surface area contributed by atoms with Crippen molar-refractivity contribution in [2.45, 2.75) is 44.2 Å². The maximum Gasteiger partial charge on any atom is 0.319 e. The molecule has 0 unspecified atom stereocenters. The van der Waals surface area contributed by atoms with Crippen LogP contribution in [-0.2, 0) is 16.6 Å². The van der Waals surface area contributed by atoms with Gasteiger partial charge >= 0.3 is 6.03 Å². The summed E-state index contributed by atoms with van der Waals surface area (Å²) in [5.74, 6) is 0. The lowest BCUT2D eigenvalue weighted by molar-refractivity contribution is 0.152. The fraction of sp³-hybridized carbons (Fsp3) is 0.455. The van der Waals surface area contributed by atoms with Crippen molar-refractivity contribution in [3.05, 3.63) is 54.4 Å². The quantitative estimate of drug-likeness (QED) is 0.652. The van der Waals surface area contributed by atoms with E-state index in [1.807, 2.05) is 6.07 Å². The summed E-state index contributed by atoms with van der Waals surface area (Å²) in [6.07, 6.45) is 5.05. The van der Waals surface area contributed by atoms with Crippen LogP contribution < -0.4 is 10.6 Å². The molecule has 168 valence electrons. The Morgan fingerprint density at radius 2 is 1.81 bits per heavy atom. The molecule has 1 fully saturated rings. The highest BCUT2D eigenvalue weighted by Crippen LogP contribution is 2.24. The topological polar surface area (TPSA) is 94.6 Å². The van der Waals surface area contributed by atoms with Crippen LogP contribution in [0.5, 0.6) is 0 Å². The number of sulfonamides is 1. The highest BCUT2D eigenvalue weighted by atomic mass is 32.2. The van der Waals surface area contributed by atoms with Gasteiger partial charge in [0.05, 0.1) is 4.90 Å². The Kier molecular flexibility index (Phi) is 8.00. The lowest BCUT2D eigenvalue weighted by Crippen LogP contribution is -2.46. The Labute approximate surface area is 184 Å². The first-order valence-corrected chi connectivity index (χ1v) is 12.2. The van der Waals surface area contributed by atoms with E-state index in [1.54, 1.807) is 47.0 Å². The van der Waals surface area contributed by atoms with E-state index in [-0.39, 0.29) is 10.9 Å². The van der Waals surface area contributed by atoms with E-state index in [2.05, 4.69) is 34.4 Å². The Balaban J connectivity index is 1.54. The van der Waals surface area contributed by atoms with Crippen LogP contribution >= 0.6 is 0 Å². The monoisotopic (exact) mass is 445 g/mol. The molecule has 0 bridgehead atoms. The van der Waals surface area contributed by atoms with Gasteiger partial charge in [-0.15, -0.1) is 0 Å². The smallest absolute Gasteiger partial charge is 0.319 e. The van der Waals surface area contributed by atoms with Gasteiger partial charge in [-0.2, -0.15) is 4.31 Å². The van der Waals surface area contributed by atoms with E-state index >= 15 is 0 Å². The number of carbonyl (C=O) groups excluding carboxylic acids is 1. The zero-order valence-corrected chi connectivity index (χ0v) is 18.9. The van der Waals surface area contributed by atoms with Crippen LogP contribution in [0.1, 0.15) is 32.3 Å². The Hall–Kier alpha value is -2.49. The second kappa shape index (κ2) is 10.7. The van der Waals surface area contributed by atoms with Gasteiger partial charge in [0.2, 0.25) is 10.0 Å². The number of aromatic nitrogens is 1.